The Morgan fingerprint density at radius 1 is 1.07 bits per heavy atom. The highest BCUT2D eigenvalue weighted by atomic mass is 16.1. The van der Waals surface area contributed by atoms with Gasteiger partial charge >= 0.3 is 0 Å². The van der Waals surface area contributed by atoms with E-state index in [4.69, 9.17) is 11.5 Å². The van der Waals surface area contributed by atoms with Crippen molar-refractivity contribution in [3.63, 3.8) is 0 Å². The Morgan fingerprint density at radius 3 is 2.29 bits per heavy atom. The number of anilines is 3. The van der Waals surface area contributed by atoms with Crippen LogP contribution < -0.4 is 21.7 Å². The molecule has 0 unspecified atom stereocenters. The van der Waals surface area contributed by atoms with Crippen LogP contribution in [0, 0.1) is 0 Å². The quantitative estimate of drug-likeness (QED) is 0.702. The lowest BCUT2D eigenvalue weighted by atomic mass is 9.84. The molecule has 8 heteroatoms. The van der Waals surface area contributed by atoms with Crippen molar-refractivity contribution in [2.75, 3.05) is 23.3 Å². The molecule has 2 amide bonds. The van der Waals surface area contributed by atoms with Crippen molar-refractivity contribution in [2.45, 2.75) is 38.5 Å². The SMILES string of the molecule is CC(C)(C(N)=O)c1ccc(Nc2nc(N3CCCCC3)cnc2C(N)=O)cc1. The highest BCUT2D eigenvalue weighted by molar-refractivity contribution is 5.96. The van der Waals surface area contributed by atoms with Crippen LogP contribution in [-0.4, -0.2) is 34.9 Å². The van der Waals surface area contributed by atoms with Gasteiger partial charge in [-0.2, -0.15) is 0 Å². The second-order valence-corrected chi connectivity index (χ2v) is 7.53. The van der Waals surface area contributed by atoms with Gasteiger partial charge in [0, 0.05) is 18.8 Å². The molecule has 1 aromatic heterocycles. The molecule has 1 aliphatic rings. The number of piperidine rings is 1. The lowest BCUT2D eigenvalue weighted by molar-refractivity contribution is -0.122. The number of rotatable bonds is 6. The topological polar surface area (TPSA) is 127 Å². The molecule has 2 aromatic rings. The third-order valence-electron chi connectivity index (χ3n) is 5.16. The lowest BCUT2D eigenvalue weighted by Crippen LogP contribution is -2.35. The smallest absolute Gasteiger partial charge is 0.271 e. The zero-order chi connectivity index (χ0) is 20.3. The number of hydrogen-bond donors (Lipinski definition) is 3. The number of aromatic nitrogens is 2. The summed E-state index contributed by atoms with van der Waals surface area (Å²) in [6, 6.07) is 7.25. The molecule has 2 heterocycles. The van der Waals surface area contributed by atoms with Crippen LogP contribution in [0.2, 0.25) is 0 Å². The number of amides is 2. The van der Waals surface area contributed by atoms with Crippen molar-refractivity contribution in [2.24, 2.45) is 11.5 Å². The summed E-state index contributed by atoms with van der Waals surface area (Å²) in [5.41, 5.74) is 11.8. The summed E-state index contributed by atoms with van der Waals surface area (Å²) in [6.07, 6.45) is 5.02. The molecule has 3 rings (SSSR count). The van der Waals surface area contributed by atoms with E-state index in [0.29, 0.717) is 11.5 Å². The Hall–Kier alpha value is -3.16. The van der Waals surface area contributed by atoms with Crippen LogP contribution in [0.4, 0.5) is 17.3 Å². The maximum absolute atomic E-state index is 11.8. The zero-order valence-electron chi connectivity index (χ0n) is 16.2. The number of carbonyl (C=O) groups excluding carboxylic acids is 2. The van der Waals surface area contributed by atoms with Crippen LogP contribution in [0.25, 0.3) is 0 Å². The van der Waals surface area contributed by atoms with Crippen molar-refractivity contribution < 1.29 is 9.59 Å². The monoisotopic (exact) mass is 382 g/mol. The van der Waals surface area contributed by atoms with E-state index in [1.807, 2.05) is 12.1 Å². The number of nitrogens with one attached hydrogen (secondary N) is 1. The average Bonchev–Trinajstić information content (AvgIpc) is 2.68. The number of carbonyl (C=O) groups is 2. The number of nitrogens with zero attached hydrogens (tertiary/aromatic N) is 3. The molecule has 1 saturated heterocycles. The molecule has 0 aliphatic carbocycles. The summed E-state index contributed by atoms with van der Waals surface area (Å²) in [7, 11) is 0. The molecular weight excluding hydrogens is 356 g/mol. The third kappa shape index (κ3) is 4.05. The van der Waals surface area contributed by atoms with E-state index < -0.39 is 17.2 Å². The van der Waals surface area contributed by atoms with Gasteiger partial charge in [-0.3, -0.25) is 9.59 Å². The van der Waals surface area contributed by atoms with Gasteiger partial charge in [-0.25, -0.2) is 9.97 Å². The standard InChI is InChI=1S/C20H26N6O2/c1-20(2,19(22)28)13-6-8-14(9-7-13)24-18-16(17(21)27)23-12-15(25-18)26-10-4-3-5-11-26/h6-9,12H,3-5,10-11H2,1-2H3,(H2,21,27)(H2,22,28)(H,24,25). The fourth-order valence-electron chi connectivity index (χ4n) is 3.17. The molecule has 0 radical (unpaired) electrons. The first-order valence-corrected chi connectivity index (χ1v) is 9.38. The molecule has 8 nitrogen and oxygen atoms in total. The maximum Gasteiger partial charge on any atom is 0.271 e. The molecule has 0 atom stereocenters. The van der Waals surface area contributed by atoms with Gasteiger partial charge in [0.25, 0.3) is 5.91 Å². The molecule has 1 aliphatic heterocycles. The number of benzene rings is 1. The first kappa shape index (κ1) is 19.6. The zero-order valence-corrected chi connectivity index (χ0v) is 16.2. The van der Waals surface area contributed by atoms with Gasteiger partial charge in [-0.05, 0) is 50.8 Å². The predicted molar refractivity (Wildman–Crippen MR) is 109 cm³/mol. The Morgan fingerprint density at radius 2 is 1.71 bits per heavy atom. The molecule has 1 aromatic carbocycles. The lowest BCUT2D eigenvalue weighted by Gasteiger charge is -2.28. The van der Waals surface area contributed by atoms with E-state index in [-0.39, 0.29) is 5.69 Å². The third-order valence-corrected chi connectivity index (χ3v) is 5.16. The average molecular weight is 382 g/mol. The van der Waals surface area contributed by atoms with Gasteiger partial charge in [0.2, 0.25) is 5.91 Å². The van der Waals surface area contributed by atoms with E-state index in [2.05, 4.69) is 20.2 Å². The minimum Gasteiger partial charge on any atom is -0.369 e. The number of nitrogens with two attached hydrogens (primary N) is 2. The minimum atomic E-state index is -0.773. The Bertz CT molecular complexity index is 873. The minimum absolute atomic E-state index is 0.0855. The highest BCUT2D eigenvalue weighted by Crippen LogP contribution is 2.27. The molecule has 28 heavy (non-hydrogen) atoms. The normalized spacial score (nSPS) is 14.6. The second kappa shape index (κ2) is 7.84. The molecule has 5 N–H and O–H groups in total. The first-order chi connectivity index (χ1) is 13.3. The fourth-order valence-corrected chi connectivity index (χ4v) is 3.17. The van der Waals surface area contributed by atoms with Crippen molar-refractivity contribution in [1.29, 1.82) is 0 Å². The van der Waals surface area contributed by atoms with Crippen LogP contribution in [0.1, 0.15) is 49.2 Å². The van der Waals surface area contributed by atoms with Crippen LogP contribution in [0.5, 0.6) is 0 Å². The molecule has 0 saturated carbocycles. The van der Waals surface area contributed by atoms with Crippen LogP contribution in [0.3, 0.4) is 0 Å². The summed E-state index contributed by atoms with van der Waals surface area (Å²) >= 11 is 0. The number of primary amides is 2. The second-order valence-electron chi connectivity index (χ2n) is 7.53. The molecule has 0 spiro atoms. The van der Waals surface area contributed by atoms with Gasteiger partial charge < -0.3 is 21.7 Å². The summed E-state index contributed by atoms with van der Waals surface area (Å²) in [5, 5.41) is 3.12. The van der Waals surface area contributed by atoms with E-state index >= 15 is 0 Å². The molecule has 148 valence electrons. The van der Waals surface area contributed by atoms with Crippen LogP contribution >= 0.6 is 0 Å². The Labute approximate surface area is 164 Å². The summed E-state index contributed by atoms with van der Waals surface area (Å²) in [4.78, 5) is 34.4. The van der Waals surface area contributed by atoms with Gasteiger partial charge in [-0.15, -0.1) is 0 Å². The highest BCUT2D eigenvalue weighted by Gasteiger charge is 2.27. The van der Waals surface area contributed by atoms with Gasteiger partial charge in [-0.1, -0.05) is 12.1 Å². The fraction of sp³-hybridized carbons (Fsp3) is 0.400. The Kier molecular flexibility index (Phi) is 5.48. The summed E-state index contributed by atoms with van der Waals surface area (Å²) < 4.78 is 0. The Balaban J connectivity index is 1.87. The largest absolute Gasteiger partial charge is 0.369 e. The van der Waals surface area contributed by atoms with Crippen LogP contribution in [0.15, 0.2) is 30.5 Å². The van der Waals surface area contributed by atoms with Crippen molar-refractivity contribution in [3.05, 3.63) is 41.7 Å². The van der Waals surface area contributed by atoms with Gasteiger partial charge in [0.15, 0.2) is 11.5 Å². The van der Waals surface area contributed by atoms with E-state index in [1.54, 1.807) is 32.2 Å². The van der Waals surface area contributed by atoms with Crippen molar-refractivity contribution >= 4 is 29.1 Å². The first-order valence-electron chi connectivity index (χ1n) is 9.38. The van der Waals surface area contributed by atoms with Crippen molar-refractivity contribution in [3.8, 4) is 0 Å². The molecular formula is C20H26N6O2. The summed E-state index contributed by atoms with van der Waals surface area (Å²) in [6.45, 7) is 5.38. The van der Waals surface area contributed by atoms with Gasteiger partial charge in [0.1, 0.15) is 5.82 Å². The molecule has 0 bridgehead atoms. The van der Waals surface area contributed by atoms with Gasteiger partial charge in [0.05, 0.1) is 11.6 Å². The molecule has 1 fully saturated rings. The van der Waals surface area contributed by atoms with Crippen LogP contribution in [-0.2, 0) is 10.2 Å². The predicted octanol–water partition coefficient (Wildman–Crippen LogP) is 2.07. The summed E-state index contributed by atoms with van der Waals surface area (Å²) in [5.74, 6) is -0.00725. The number of hydrogen-bond acceptors (Lipinski definition) is 6. The van der Waals surface area contributed by atoms with Crippen molar-refractivity contribution in [1.82, 2.24) is 9.97 Å². The van der Waals surface area contributed by atoms with E-state index in [0.717, 1.165) is 37.3 Å². The van der Waals surface area contributed by atoms with E-state index in [1.165, 1.54) is 6.42 Å². The van der Waals surface area contributed by atoms with E-state index in [9.17, 15) is 9.59 Å². The maximum atomic E-state index is 11.8.